The number of rotatable bonds is 2. The van der Waals surface area contributed by atoms with Gasteiger partial charge < -0.3 is 4.90 Å². The smallest absolute Gasteiger partial charge is 0.226 e. The van der Waals surface area contributed by atoms with Gasteiger partial charge in [-0.2, -0.15) is 5.26 Å². The zero-order valence-corrected chi connectivity index (χ0v) is 10.5. The molecule has 0 radical (unpaired) electrons. The molecule has 4 nitrogen and oxygen atoms in total. The van der Waals surface area contributed by atoms with Crippen molar-refractivity contribution in [3.63, 3.8) is 0 Å². The molecule has 90 valence electrons. The lowest BCUT2D eigenvalue weighted by atomic mass is 9.96. The van der Waals surface area contributed by atoms with E-state index in [0.717, 1.165) is 30.6 Å². The van der Waals surface area contributed by atoms with Gasteiger partial charge in [0, 0.05) is 18.8 Å². The van der Waals surface area contributed by atoms with Crippen molar-refractivity contribution < 1.29 is 0 Å². The van der Waals surface area contributed by atoms with Crippen molar-refractivity contribution in [3.05, 3.63) is 17.5 Å². The van der Waals surface area contributed by atoms with E-state index in [9.17, 15) is 0 Å². The molecule has 0 aliphatic carbocycles. The summed E-state index contributed by atoms with van der Waals surface area (Å²) in [5.74, 6) is 1.46. The standard InChI is InChI=1S/C13H18N4/c1-3-11-5-4-6-17(9-11)13-15-10(2)7-12(8-14)16-13/h7,11H,3-6,9H2,1-2H3. The lowest BCUT2D eigenvalue weighted by Gasteiger charge is -2.32. The first-order valence-electron chi connectivity index (χ1n) is 6.23. The molecule has 2 rings (SSSR count). The molecule has 1 unspecified atom stereocenters. The van der Waals surface area contributed by atoms with Crippen LogP contribution in [0.3, 0.4) is 0 Å². The molecular weight excluding hydrogens is 212 g/mol. The Morgan fingerprint density at radius 1 is 1.53 bits per heavy atom. The third-order valence-electron chi connectivity index (χ3n) is 3.34. The minimum absolute atomic E-state index is 0.464. The van der Waals surface area contributed by atoms with Crippen LogP contribution in [0, 0.1) is 24.2 Å². The Hall–Kier alpha value is -1.63. The summed E-state index contributed by atoms with van der Waals surface area (Å²) in [6.07, 6.45) is 3.69. The first-order valence-corrected chi connectivity index (χ1v) is 6.23. The summed E-state index contributed by atoms with van der Waals surface area (Å²) in [6.45, 7) is 6.16. The molecule has 2 heterocycles. The number of piperidine rings is 1. The average Bonchev–Trinajstić information content (AvgIpc) is 2.38. The van der Waals surface area contributed by atoms with E-state index in [-0.39, 0.29) is 0 Å². The Morgan fingerprint density at radius 3 is 3.06 bits per heavy atom. The Kier molecular flexibility index (Phi) is 3.58. The number of nitrogens with zero attached hydrogens (tertiary/aromatic N) is 4. The Labute approximate surface area is 102 Å². The van der Waals surface area contributed by atoms with Gasteiger partial charge in [0.05, 0.1) is 0 Å². The lowest BCUT2D eigenvalue weighted by molar-refractivity contribution is 0.401. The molecule has 1 saturated heterocycles. The van der Waals surface area contributed by atoms with Crippen LogP contribution in [0.4, 0.5) is 5.95 Å². The third kappa shape index (κ3) is 2.73. The van der Waals surface area contributed by atoms with E-state index in [1.807, 2.05) is 6.92 Å². The van der Waals surface area contributed by atoms with Crippen LogP contribution >= 0.6 is 0 Å². The predicted octanol–water partition coefficient (Wildman–Crippen LogP) is 2.28. The van der Waals surface area contributed by atoms with Gasteiger partial charge in [0.1, 0.15) is 11.8 Å². The summed E-state index contributed by atoms with van der Waals surface area (Å²) in [4.78, 5) is 10.9. The molecule has 1 atom stereocenters. The van der Waals surface area contributed by atoms with Gasteiger partial charge in [0.25, 0.3) is 0 Å². The zero-order chi connectivity index (χ0) is 12.3. The molecule has 0 saturated carbocycles. The van der Waals surface area contributed by atoms with Crippen molar-refractivity contribution in [2.75, 3.05) is 18.0 Å². The number of nitriles is 1. The Bertz CT molecular complexity index is 436. The van der Waals surface area contributed by atoms with Gasteiger partial charge in [0.2, 0.25) is 5.95 Å². The molecule has 4 heteroatoms. The molecule has 17 heavy (non-hydrogen) atoms. The van der Waals surface area contributed by atoms with E-state index in [2.05, 4.69) is 27.9 Å². The molecule has 1 aliphatic rings. The van der Waals surface area contributed by atoms with E-state index in [0.29, 0.717) is 5.69 Å². The van der Waals surface area contributed by atoms with Crippen LogP contribution in [-0.2, 0) is 0 Å². The van der Waals surface area contributed by atoms with Gasteiger partial charge in [-0.1, -0.05) is 13.3 Å². The van der Waals surface area contributed by atoms with E-state index >= 15 is 0 Å². The molecule has 1 fully saturated rings. The van der Waals surface area contributed by atoms with Gasteiger partial charge in [-0.05, 0) is 31.7 Å². The quantitative estimate of drug-likeness (QED) is 0.782. The highest BCUT2D eigenvalue weighted by Crippen LogP contribution is 2.22. The average molecular weight is 230 g/mol. The number of aromatic nitrogens is 2. The van der Waals surface area contributed by atoms with Crippen LogP contribution in [0.5, 0.6) is 0 Å². The monoisotopic (exact) mass is 230 g/mol. The van der Waals surface area contributed by atoms with Gasteiger partial charge >= 0.3 is 0 Å². The fraction of sp³-hybridized carbons (Fsp3) is 0.615. The molecular formula is C13H18N4. The van der Waals surface area contributed by atoms with Crippen LogP contribution in [0.1, 0.15) is 37.6 Å². The minimum atomic E-state index is 0.464. The van der Waals surface area contributed by atoms with Crippen molar-refractivity contribution in [1.82, 2.24) is 9.97 Å². The van der Waals surface area contributed by atoms with Crippen molar-refractivity contribution in [2.45, 2.75) is 33.1 Å². The fourth-order valence-corrected chi connectivity index (χ4v) is 2.33. The molecule has 0 aromatic carbocycles. The molecule has 0 amide bonds. The number of hydrogen-bond acceptors (Lipinski definition) is 4. The van der Waals surface area contributed by atoms with Crippen LogP contribution in [0.2, 0.25) is 0 Å². The first kappa shape index (κ1) is 11.8. The minimum Gasteiger partial charge on any atom is -0.341 e. The summed E-state index contributed by atoms with van der Waals surface area (Å²) < 4.78 is 0. The highest BCUT2D eigenvalue weighted by atomic mass is 15.3. The van der Waals surface area contributed by atoms with E-state index < -0.39 is 0 Å². The SMILES string of the molecule is CCC1CCCN(c2nc(C)cc(C#N)n2)C1. The largest absolute Gasteiger partial charge is 0.341 e. The summed E-state index contributed by atoms with van der Waals surface area (Å²) >= 11 is 0. The molecule has 0 bridgehead atoms. The third-order valence-corrected chi connectivity index (χ3v) is 3.34. The molecule has 1 aromatic rings. The maximum Gasteiger partial charge on any atom is 0.226 e. The Morgan fingerprint density at radius 2 is 2.35 bits per heavy atom. The van der Waals surface area contributed by atoms with Gasteiger partial charge in [-0.25, -0.2) is 9.97 Å². The lowest BCUT2D eigenvalue weighted by Crippen LogP contribution is -2.36. The van der Waals surface area contributed by atoms with E-state index in [4.69, 9.17) is 5.26 Å². The number of aryl methyl sites for hydroxylation is 1. The van der Waals surface area contributed by atoms with Crippen LogP contribution < -0.4 is 4.90 Å². The summed E-state index contributed by atoms with van der Waals surface area (Å²) in [5, 5.41) is 8.92. The van der Waals surface area contributed by atoms with Crippen molar-refractivity contribution in [2.24, 2.45) is 5.92 Å². The van der Waals surface area contributed by atoms with E-state index in [1.165, 1.54) is 19.3 Å². The van der Waals surface area contributed by atoms with Crippen LogP contribution in [-0.4, -0.2) is 23.1 Å². The zero-order valence-electron chi connectivity index (χ0n) is 10.5. The maximum absolute atomic E-state index is 8.92. The first-order chi connectivity index (χ1) is 8.22. The van der Waals surface area contributed by atoms with Crippen LogP contribution in [0.25, 0.3) is 0 Å². The Balaban J connectivity index is 2.21. The van der Waals surface area contributed by atoms with E-state index in [1.54, 1.807) is 6.07 Å². The second-order valence-corrected chi connectivity index (χ2v) is 4.67. The summed E-state index contributed by atoms with van der Waals surface area (Å²) in [5.41, 5.74) is 1.33. The molecule has 0 N–H and O–H groups in total. The summed E-state index contributed by atoms with van der Waals surface area (Å²) in [7, 11) is 0. The molecule has 0 spiro atoms. The van der Waals surface area contributed by atoms with Crippen molar-refractivity contribution in [3.8, 4) is 6.07 Å². The second-order valence-electron chi connectivity index (χ2n) is 4.67. The van der Waals surface area contributed by atoms with Crippen molar-refractivity contribution >= 4 is 5.95 Å². The number of anilines is 1. The van der Waals surface area contributed by atoms with Crippen molar-refractivity contribution in [1.29, 1.82) is 5.26 Å². The highest BCUT2D eigenvalue weighted by molar-refractivity contribution is 5.36. The van der Waals surface area contributed by atoms with Gasteiger partial charge in [-0.15, -0.1) is 0 Å². The number of hydrogen-bond donors (Lipinski definition) is 0. The molecule has 1 aliphatic heterocycles. The maximum atomic E-state index is 8.92. The molecule has 1 aromatic heterocycles. The second kappa shape index (κ2) is 5.13. The van der Waals surface area contributed by atoms with Crippen LogP contribution in [0.15, 0.2) is 6.07 Å². The van der Waals surface area contributed by atoms with Gasteiger partial charge in [-0.3, -0.25) is 0 Å². The van der Waals surface area contributed by atoms with Gasteiger partial charge in [0.15, 0.2) is 0 Å². The topological polar surface area (TPSA) is 52.8 Å². The summed E-state index contributed by atoms with van der Waals surface area (Å²) in [6, 6.07) is 3.82. The highest BCUT2D eigenvalue weighted by Gasteiger charge is 2.20. The normalized spacial score (nSPS) is 20.1. The fourth-order valence-electron chi connectivity index (χ4n) is 2.33. The predicted molar refractivity (Wildman–Crippen MR) is 66.7 cm³/mol.